The molecule has 2 heterocycles. The highest BCUT2D eigenvalue weighted by atomic mass is 15.2. The molecule has 0 bridgehead atoms. The monoisotopic (exact) mass is 204 g/mol. The summed E-state index contributed by atoms with van der Waals surface area (Å²) in [5, 5.41) is 0. The Labute approximate surface area is 92.3 Å². The first-order valence-corrected chi connectivity index (χ1v) is 5.98. The van der Waals surface area contributed by atoms with Gasteiger partial charge in [-0.15, -0.1) is 0 Å². The van der Waals surface area contributed by atoms with E-state index in [9.17, 15) is 0 Å². The number of likely N-dealkylation sites (tertiary alicyclic amines) is 1. The van der Waals surface area contributed by atoms with Crippen LogP contribution in [-0.2, 0) is 0 Å². The fraction of sp³-hybridized carbons (Fsp3) is 0.615. The number of hydrogen-bond donors (Lipinski definition) is 0. The number of nitrogens with zero attached hydrogens (tertiary/aromatic N) is 2. The molecule has 2 rings (SSSR count). The fourth-order valence-electron chi connectivity index (χ4n) is 2.42. The third-order valence-corrected chi connectivity index (χ3v) is 3.34. The quantitative estimate of drug-likeness (QED) is 0.736. The van der Waals surface area contributed by atoms with Gasteiger partial charge in [-0.3, -0.25) is 9.88 Å². The van der Waals surface area contributed by atoms with Crippen molar-refractivity contribution >= 4 is 0 Å². The first kappa shape index (κ1) is 10.6. The van der Waals surface area contributed by atoms with Crippen molar-refractivity contribution in [3.63, 3.8) is 0 Å². The van der Waals surface area contributed by atoms with Gasteiger partial charge in [-0.05, 0) is 44.5 Å². The van der Waals surface area contributed by atoms with Gasteiger partial charge in [0.25, 0.3) is 0 Å². The summed E-state index contributed by atoms with van der Waals surface area (Å²) in [6.45, 7) is 6.69. The Morgan fingerprint density at radius 1 is 1.40 bits per heavy atom. The van der Waals surface area contributed by atoms with Crippen LogP contribution in [0.1, 0.15) is 43.5 Å². The van der Waals surface area contributed by atoms with Crippen LogP contribution in [0, 0.1) is 6.92 Å². The average Bonchev–Trinajstić information content (AvgIpc) is 2.30. The average molecular weight is 204 g/mol. The minimum Gasteiger partial charge on any atom is -0.297 e. The van der Waals surface area contributed by atoms with Crippen molar-refractivity contribution in [3.05, 3.63) is 29.6 Å². The summed E-state index contributed by atoms with van der Waals surface area (Å²) in [6.07, 6.45) is 6.05. The Morgan fingerprint density at radius 3 is 2.93 bits per heavy atom. The Kier molecular flexibility index (Phi) is 3.37. The van der Waals surface area contributed by atoms with Gasteiger partial charge in [0.2, 0.25) is 0 Å². The normalized spacial score (nSPS) is 22.9. The fourth-order valence-corrected chi connectivity index (χ4v) is 2.42. The van der Waals surface area contributed by atoms with Crippen molar-refractivity contribution in [1.82, 2.24) is 9.88 Å². The second-order valence-electron chi connectivity index (χ2n) is 4.37. The van der Waals surface area contributed by atoms with Gasteiger partial charge in [0, 0.05) is 17.9 Å². The molecular weight excluding hydrogens is 184 g/mol. The standard InChI is InChI=1S/C13H20N2/c1-3-15-9-5-4-6-13(15)12-8-7-11(2)14-10-12/h7-8,10,13H,3-6,9H2,1-2H3/t13-/m1/s1. The predicted octanol–water partition coefficient (Wildman–Crippen LogP) is 2.94. The lowest BCUT2D eigenvalue weighted by molar-refractivity contribution is 0.157. The zero-order valence-electron chi connectivity index (χ0n) is 9.74. The Bertz CT molecular complexity index is 305. The van der Waals surface area contributed by atoms with Gasteiger partial charge in [0.15, 0.2) is 0 Å². The molecule has 0 aliphatic carbocycles. The van der Waals surface area contributed by atoms with E-state index in [0.29, 0.717) is 6.04 Å². The molecule has 0 saturated carbocycles. The Morgan fingerprint density at radius 2 is 2.27 bits per heavy atom. The maximum absolute atomic E-state index is 4.40. The molecule has 1 saturated heterocycles. The molecule has 1 aliphatic rings. The van der Waals surface area contributed by atoms with E-state index < -0.39 is 0 Å². The van der Waals surface area contributed by atoms with E-state index in [-0.39, 0.29) is 0 Å². The summed E-state index contributed by atoms with van der Waals surface area (Å²) in [4.78, 5) is 6.96. The van der Waals surface area contributed by atoms with Crippen LogP contribution in [-0.4, -0.2) is 23.0 Å². The van der Waals surface area contributed by atoms with E-state index in [1.165, 1.54) is 31.4 Å². The van der Waals surface area contributed by atoms with E-state index in [0.717, 1.165) is 12.2 Å². The first-order chi connectivity index (χ1) is 7.31. The molecule has 0 aromatic carbocycles. The molecule has 0 radical (unpaired) electrons. The van der Waals surface area contributed by atoms with Gasteiger partial charge in [-0.2, -0.15) is 0 Å². The van der Waals surface area contributed by atoms with Gasteiger partial charge in [-0.1, -0.05) is 19.4 Å². The topological polar surface area (TPSA) is 16.1 Å². The van der Waals surface area contributed by atoms with Gasteiger partial charge >= 0.3 is 0 Å². The maximum Gasteiger partial charge on any atom is 0.0372 e. The van der Waals surface area contributed by atoms with Crippen LogP contribution in [0.2, 0.25) is 0 Å². The maximum atomic E-state index is 4.40. The molecule has 2 nitrogen and oxygen atoms in total. The molecule has 2 heteroatoms. The van der Waals surface area contributed by atoms with E-state index >= 15 is 0 Å². The van der Waals surface area contributed by atoms with Gasteiger partial charge in [-0.25, -0.2) is 0 Å². The molecule has 1 atom stereocenters. The van der Waals surface area contributed by atoms with Crippen LogP contribution in [0.5, 0.6) is 0 Å². The van der Waals surface area contributed by atoms with Crippen molar-refractivity contribution in [1.29, 1.82) is 0 Å². The highest BCUT2D eigenvalue weighted by molar-refractivity contribution is 5.17. The SMILES string of the molecule is CCN1CCCC[C@@H]1c1ccc(C)nc1. The largest absolute Gasteiger partial charge is 0.297 e. The lowest BCUT2D eigenvalue weighted by atomic mass is 9.96. The van der Waals surface area contributed by atoms with Crippen LogP contribution >= 0.6 is 0 Å². The highest BCUT2D eigenvalue weighted by Crippen LogP contribution is 2.29. The van der Waals surface area contributed by atoms with Crippen molar-refractivity contribution in [2.24, 2.45) is 0 Å². The number of aryl methyl sites for hydroxylation is 1. The summed E-state index contributed by atoms with van der Waals surface area (Å²) in [6, 6.07) is 4.97. The predicted molar refractivity (Wildman–Crippen MR) is 62.8 cm³/mol. The molecule has 1 aromatic heterocycles. The lowest BCUT2D eigenvalue weighted by Gasteiger charge is -2.35. The summed E-state index contributed by atoms with van der Waals surface area (Å²) < 4.78 is 0. The van der Waals surface area contributed by atoms with Crippen molar-refractivity contribution in [2.75, 3.05) is 13.1 Å². The number of hydrogen-bond acceptors (Lipinski definition) is 2. The molecule has 0 unspecified atom stereocenters. The summed E-state index contributed by atoms with van der Waals surface area (Å²) in [7, 11) is 0. The third-order valence-electron chi connectivity index (χ3n) is 3.34. The lowest BCUT2D eigenvalue weighted by Crippen LogP contribution is -2.33. The molecular formula is C13H20N2. The number of rotatable bonds is 2. The van der Waals surface area contributed by atoms with Crippen molar-refractivity contribution in [2.45, 2.75) is 39.2 Å². The Hall–Kier alpha value is -0.890. The first-order valence-electron chi connectivity index (χ1n) is 5.98. The van der Waals surface area contributed by atoms with E-state index in [1.54, 1.807) is 0 Å². The molecule has 0 amide bonds. The number of piperidine rings is 1. The molecule has 15 heavy (non-hydrogen) atoms. The van der Waals surface area contributed by atoms with E-state index in [1.807, 2.05) is 13.1 Å². The summed E-state index contributed by atoms with van der Waals surface area (Å²) in [5.41, 5.74) is 2.50. The van der Waals surface area contributed by atoms with Gasteiger partial charge < -0.3 is 0 Å². The van der Waals surface area contributed by atoms with Crippen molar-refractivity contribution < 1.29 is 0 Å². The number of pyridine rings is 1. The molecule has 1 fully saturated rings. The van der Waals surface area contributed by atoms with E-state index in [4.69, 9.17) is 0 Å². The summed E-state index contributed by atoms with van der Waals surface area (Å²) in [5.74, 6) is 0. The second kappa shape index (κ2) is 4.75. The summed E-state index contributed by atoms with van der Waals surface area (Å²) >= 11 is 0. The highest BCUT2D eigenvalue weighted by Gasteiger charge is 2.22. The zero-order chi connectivity index (χ0) is 10.7. The van der Waals surface area contributed by atoms with Crippen LogP contribution in [0.25, 0.3) is 0 Å². The zero-order valence-corrected chi connectivity index (χ0v) is 9.74. The van der Waals surface area contributed by atoms with Crippen LogP contribution in [0.4, 0.5) is 0 Å². The molecule has 82 valence electrons. The van der Waals surface area contributed by atoms with Crippen molar-refractivity contribution in [3.8, 4) is 0 Å². The smallest absolute Gasteiger partial charge is 0.0372 e. The molecule has 1 aliphatic heterocycles. The van der Waals surface area contributed by atoms with E-state index in [2.05, 4.69) is 28.9 Å². The second-order valence-corrected chi connectivity index (χ2v) is 4.37. The van der Waals surface area contributed by atoms with Crippen LogP contribution in [0.15, 0.2) is 18.3 Å². The third kappa shape index (κ3) is 2.37. The minimum atomic E-state index is 0.608. The molecule has 0 N–H and O–H groups in total. The van der Waals surface area contributed by atoms with Gasteiger partial charge in [0.05, 0.1) is 0 Å². The number of aromatic nitrogens is 1. The molecule has 0 spiro atoms. The Balaban J connectivity index is 2.16. The van der Waals surface area contributed by atoms with Crippen LogP contribution < -0.4 is 0 Å². The van der Waals surface area contributed by atoms with Gasteiger partial charge in [0.1, 0.15) is 0 Å². The molecule has 1 aromatic rings. The van der Waals surface area contributed by atoms with Crippen LogP contribution in [0.3, 0.4) is 0 Å². The minimum absolute atomic E-state index is 0.608.